The molecule has 1 aliphatic rings. The maximum atomic E-state index is 12.2. The van der Waals surface area contributed by atoms with Crippen molar-refractivity contribution in [2.24, 2.45) is 0 Å². The van der Waals surface area contributed by atoms with E-state index in [-0.39, 0.29) is 37.5 Å². The van der Waals surface area contributed by atoms with Gasteiger partial charge in [0.15, 0.2) is 0 Å². The first-order valence-corrected chi connectivity index (χ1v) is 7.31. The molecule has 1 aliphatic heterocycles. The lowest BCUT2D eigenvalue weighted by Gasteiger charge is -2.24. The number of allylic oxidation sites excluding steroid dienone is 1. The van der Waals surface area contributed by atoms with E-state index in [1.54, 1.807) is 6.92 Å². The Morgan fingerprint density at radius 2 is 2.10 bits per heavy atom. The molecule has 0 aromatic carbocycles. The molecule has 1 fully saturated rings. The van der Waals surface area contributed by atoms with Crippen molar-refractivity contribution in [1.82, 2.24) is 4.90 Å². The molecule has 21 heavy (non-hydrogen) atoms. The summed E-state index contributed by atoms with van der Waals surface area (Å²) in [6, 6.07) is -0.933. The minimum atomic E-state index is -1.08. The molecule has 1 amide bonds. The van der Waals surface area contributed by atoms with E-state index < -0.39 is 18.1 Å². The predicted octanol–water partition coefficient (Wildman–Crippen LogP) is 1.18. The number of carboxylic acids is 1. The van der Waals surface area contributed by atoms with E-state index in [9.17, 15) is 14.7 Å². The molecule has 0 aliphatic carbocycles. The van der Waals surface area contributed by atoms with Crippen LogP contribution in [0.25, 0.3) is 0 Å². The summed E-state index contributed by atoms with van der Waals surface area (Å²) in [6.07, 6.45) is 2.68. The van der Waals surface area contributed by atoms with Gasteiger partial charge in [-0.3, -0.25) is 4.79 Å². The number of likely N-dealkylation sites (tertiary alicyclic amines) is 1. The number of carboxylic acid groups (broad SMARTS) is 1. The van der Waals surface area contributed by atoms with Crippen molar-refractivity contribution >= 4 is 11.9 Å². The molecule has 0 aromatic rings. The summed E-state index contributed by atoms with van der Waals surface area (Å²) in [5.41, 5.74) is 0. The van der Waals surface area contributed by atoms with Crippen LogP contribution in [-0.2, 0) is 14.3 Å². The number of aliphatic carboxylic acids is 1. The standard InChI is InChI=1S/C15H25NO5/c1-4-5-6-10(2)21-11(3)7-14(18)16-9-12(17)8-13(16)15(19)20/h4,10-13,17H,1,5-9H2,2-3H3,(H,19,20). The van der Waals surface area contributed by atoms with Crippen LogP contribution in [0.4, 0.5) is 0 Å². The molecule has 1 heterocycles. The topological polar surface area (TPSA) is 87.1 Å². The maximum Gasteiger partial charge on any atom is 0.326 e. The number of nitrogens with zero attached hydrogens (tertiary/aromatic N) is 1. The quantitative estimate of drug-likeness (QED) is 0.657. The van der Waals surface area contributed by atoms with Crippen LogP contribution in [0.2, 0.25) is 0 Å². The van der Waals surface area contributed by atoms with Crippen LogP contribution in [0.3, 0.4) is 0 Å². The summed E-state index contributed by atoms with van der Waals surface area (Å²) in [6.45, 7) is 7.46. The second kappa shape index (κ2) is 8.14. The van der Waals surface area contributed by atoms with Gasteiger partial charge >= 0.3 is 5.97 Å². The summed E-state index contributed by atoms with van der Waals surface area (Å²) >= 11 is 0. The fourth-order valence-electron chi connectivity index (χ4n) is 2.55. The molecule has 4 unspecified atom stereocenters. The third kappa shape index (κ3) is 5.47. The molecule has 6 heteroatoms. The molecular weight excluding hydrogens is 274 g/mol. The number of aliphatic hydroxyl groups is 1. The molecule has 1 rings (SSSR count). The van der Waals surface area contributed by atoms with Gasteiger partial charge in [-0.05, 0) is 26.7 Å². The number of rotatable bonds is 8. The average molecular weight is 299 g/mol. The Morgan fingerprint density at radius 3 is 2.67 bits per heavy atom. The minimum absolute atomic E-state index is 0.0187. The summed E-state index contributed by atoms with van der Waals surface area (Å²) in [7, 11) is 0. The molecular formula is C15H25NO5. The molecule has 0 spiro atoms. The van der Waals surface area contributed by atoms with E-state index in [1.165, 1.54) is 4.90 Å². The molecule has 0 aromatic heterocycles. The van der Waals surface area contributed by atoms with E-state index in [4.69, 9.17) is 9.84 Å². The van der Waals surface area contributed by atoms with Crippen LogP contribution in [-0.4, -0.2) is 57.9 Å². The number of amides is 1. The third-order valence-electron chi connectivity index (χ3n) is 3.59. The summed E-state index contributed by atoms with van der Waals surface area (Å²) in [4.78, 5) is 24.5. The lowest BCUT2D eigenvalue weighted by atomic mass is 10.2. The first kappa shape index (κ1) is 17.7. The monoisotopic (exact) mass is 299 g/mol. The van der Waals surface area contributed by atoms with Gasteiger partial charge < -0.3 is 19.8 Å². The zero-order chi connectivity index (χ0) is 16.0. The number of hydrogen-bond acceptors (Lipinski definition) is 4. The van der Waals surface area contributed by atoms with E-state index in [1.807, 2.05) is 13.0 Å². The summed E-state index contributed by atoms with van der Waals surface area (Å²) in [5.74, 6) is -1.37. The molecule has 2 N–H and O–H groups in total. The van der Waals surface area contributed by atoms with Crippen molar-refractivity contribution in [2.75, 3.05) is 6.54 Å². The van der Waals surface area contributed by atoms with E-state index in [0.717, 1.165) is 12.8 Å². The SMILES string of the molecule is C=CCCC(C)OC(C)CC(=O)N1CC(O)CC1C(=O)O. The van der Waals surface area contributed by atoms with Crippen LogP contribution in [0.15, 0.2) is 12.7 Å². The largest absolute Gasteiger partial charge is 0.480 e. The fourth-order valence-corrected chi connectivity index (χ4v) is 2.55. The van der Waals surface area contributed by atoms with Gasteiger partial charge in [0.05, 0.1) is 24.7 Å². The van der Waals surface area contributed by atoms with Crippen molar-refractivity contribution in [3.05, 3.63) is 12.7 Å². The highest BCUT2D eigenvalue weighted by Gasteiger charge is 2.39. The summed E-state index contributed by atoms with van der Waals surface area (Å²) < 4.78 is 5.70. The Morgan fingerprint density at radius 1 is 1.43 bits per heavy atom. The molecule has 0 saturated carbocycles. The number of ether oxygens (including phenoxy) is 1. The Labute approximate surface area is 125 Å². The average Bonchev–Trinajstić information content (AvgIpc) is 2.78. The zero-order valence-corrected chi connectivity index (χ0v) is 12.7. The number of hydrogen-bond donors (Lipinski definition) is 2. The summed E-state index contributed by atoms with van der Waals surface area (Å²) in [5, 5.41) is 18.6. The fraction of sp³-hybridized carbons (Fsp3) is 0.733. The van der Waals surface area contributed by atoms with Crippen LogP contribution in [0, 0.1) is 0 Å². The van der Waals surface area contributed by atoms with Crippen LogP contribution >= 0.6 is 0 Å². The van der Waals surface area contributed by atoms with Crippen molar-refractivity contribution < 1.29 is 24.5 Å². The minimum Gasteiger partial charge on any atom is -0.480 e. The molecule has 120 valence electrons. The van der Waals surface area contributed by atoms with Crippen molar-refractivity contribution in [3.8, 4) is 0 Å². The molecule has 0 radical (unpaired) electrons. The second-order valence-electron chi connectivity index (χ2n) is 5.62. The lowest BCUT2D eigenvalue weighted by molar-refractivity contribution is -0.149. The smallest absolute Gasteiger partial charge is 0.326 e. The van der Waals surface area contributed by atoms with Crippen LogP contribution < -0.4 is 0 Å². The Hall–Kier alpha value is -1.40. The lowest BCUT2D eigenvalue weighted by Crippen LogP contribution is -2.42. The van der Waals surface area contributed by atoms with Gasteiger partial charge in [-0.1, -0.05) is 6.08 Å². The predicted molar refractivity (Wildman–Crippen MR) is 77.8 cm³/mol. The van der Waals surface area contributed by atoms with Gasteiger partial charge in [-0.25, -0.2) is 4.79 Å². The van der Waals surface area contributed by atoms with Crippen molar-refractivity contribution in [1.29, 1.82) is 0 Å². The number of carbonyl (C=O) groups excluding carboxylic acids is 1. The molecule has 6 nitrogen and oxygen atoms in total. The van der Waals surface area contributed by atoms with Crippen LogP contribution in [0.5, 0.6) is 0 Å². The van der Waals surface area contributed by atoms with E-state index in [0.29, 0.717) is 0 Å². The van der Waals surface area contributed by atoms with Gasteiger partial charge in [0.2, 0.25) is 5.91 Å². The van der Waals surface area contributed by atoms with Gasteiger partial charge in [0.1, 0.15) is 6.04 Å². The van der Waals surface area contributed by atoms with E-state index >= 15 is 0 Å². The first-order valence-electron chi connectivity index (χ1n) is 7.31. The highest BCUT2D eigenvalue weighted by atomic mass is 16.5. The third-order valence-corrected chi connectivity index (χ3v) is 3.59. The van der Waals surface area contributed by atoms with Gasteiger partial charge in [0.25, 0.3) is 0 Å². The number of aliphatic hydroxyl groups excluding tert-OH is 1. The highest BCUT2D eigenvalue weighted by molar-refractivity contribution is 5.84. The van der Waals surface area contributed by atoms with E-state index in [2.05, 4.69) is 6.58 Å². The highest BCUT2D eigenvalue weighted by Crippen LogP contribution is 2.20. The Kier molecular flexibility index (Phi) is 6.84. The molecule has 0 bridgehead atoms. The van der Waals surface area contributed by atoms with Crippen LogP contribution in [0.1, 0.15) is 39.5 Å². The van der Waals surface area contributed by atoms with Gasteiger partial charge in [-0.15, -0.1) is 6.58 Å². The van der Waals surface area contributed by atoms with Crippen molar-refractivity contribution in [3.63, 3.8) is 0 Å². The second-order valence-corrected chi connectivity index (χ2v) is 5.62. The van der Waals surface area contributed by atoms with Gasteiger partial charge in [-0.2, -0.15) is 0 Å². The van der Waals surface area contributed by atoms with Gasteiger partial charge in [0, 0.05) is 13.0 Å². The van der Waals surface area contributed by atoms with Crippen molar-refractivity contribution in [2.45, 2.75) is 63.9 Å². The number of carbonyl (C=O) groups is 2. The molecule has 1 saturated heterocycles. The molecule has 4 atom stereocenters. The zero-order valence-electron chi connectivity index (χ0n) is 12.7. The Balaban J connectivity index is 2.48. The number of β-amino-alcohol motifs (C(OH)–C–C–N with tert-alkyl or cyclic N) is 1. The Bertz CT molecular complexity index is 384. The maximum absolute atomic E-state index is 12.2. The normalized spacial score (nSPS) is 24.6. The first-order chi connectivity index (χ1) is 9.85.